The Hall–Kier alpha value is -1.88. The van der Waals surface area contributed by atoms with Crippen molar-refractivity contribution in [2.45, 2.75) is 45.2 Å². The normalized spacial score (nSPS) is 19.5. The Morgan fingerprint density at radius 3 is 2.61 bits per heavy atom. The van der Waals surface area contributed by atoms with Crippen LogP contribution in [0.3, 0.4) is 0 Å². The molecule has 1 heterocycles. The van der Waals surface area contributed by atoms with Crippen LogP contribution in [-0.2, 0) is 9.59 Å². The van der Waals surface area contributed by atoms with Gasteiger partial charge in [0.1, 0.15) is 6.04 Å². The standard InChI is InChI=1S/C18H27N3O2/c1-13(2)11-16(22)20-17(14-7-4-3-5-8-14)18(23)21-10-6-9-15(19)12-21/h3-5,7-8,13,15,17H,6,9-12,19H2,1-2H3,(H,20,22). The Kier molecular flexibility index (Phi) is 6.16. The van der Waals surface area contributed by atoms with E-state index in [1.807, 2.05) is 44.2 Å². The van der Waals surface area contributed by atoms with Crippen LogP contribution in [0.4, 0.5) is 0 Å². The van der Waals surface area contributed by atoms with Crippen LogP contribution in [0.1, 0.15) is 44.7 Å². The topological polar surface area (TPSA) is 75.4 Å². The van der Waals surface area contributed by atoms with Gasteiger partial charge in [0.25, 0.3) is 0 Å². The van der Waals surface area contributed by atoms with Crippen LogP contribution in [0.15, 0.2) is 30.3 Å². The number of benzene rings is 1. The molecular weight excluding hydrogens is 290 g/mol. The molecule has 1 fully saturated rings. The lowest BCUT2D eigenvalue weighted by atomic mass is 10.0. The third-order valence-corrected chi connectivity index (χ3v) is 4.05. The molecule has 1 aromatic rings. The number of hydrogen-bond donors (Lipinski definition) is 2. The number of amides is 2. The van der Waals surface area contributed by atoms with Gasteiger partial charge in [0.05, 0.1) is 0 Å². The first-order chi connectivity index (χ1) is 11.0. The Balaban J connectivity index is 2.15. The van der Waals surface area contributed by atoms with Gasteiger partial charge in [0, 0.05) is 25.6 Å². The van der Waals surface area contributed by atoms with E-state index in [9.17, 15) is 9.59 Å². The molecule has 1 saturated heterocycles. The molecule has 126 valence electrons. The molecule has 5 heteroatoms. The number of hydrogen-bond acceptors (Lipinski definition) is 3. The first kappa shape index (κ1) is 17.5. The lowest BCUT2D eigenvalue weighted by molar-refractivity contribution is -0.137. The molecule has 0 aliphatic carbocycles. The lowest BCUT2D eigenvalue weighted by Gasteiger charge is -2.33. The third kappa shape index (κ3) is 5.06. The largest absolute Gasteiger partial charge is 0.341 e. The minimum absolute atomic E-state index is 0.0236. The average molecular weight is 317 g/mol. The van der Waals surface area contributed by atoms with Gasteiger partial charge in [-0.15, -0.1) is 0 Å². The van der Waals surface area contributed by atoms with E-state index in [1.165, 1.54) is 0 Å². The Morgan fingerprint density at radius 2 is 2.00 bits per heavy atom. The molecule has 2 atom stereocenters. The lowest BCUT2D eigenvalue weighted by Crippen LogP contribution is -2.50. The maximum absolute atomic E-state index is 12.9. The second kappa shape index (κ2) is 8.11. The Bertz CT molecular complexity index is 530. The molecule has 0 aromatic heterocycles. The summed E-state index contributed by atoms with van der Waals surface area (Å²) in [6, 6.07) is 8.81. The number of piperidine rings is 1. The zero-order valence-electron chi connectivity index (χ0n) is 14.0. The van der Waals surface area contributed by atoms with Crippen LogP contribution < -0.4 is 11.1 Å². The van der Waals surface area contributed by atoms with Crippen LogP contribution in [0.2, 0.25) is 0 Å². The molecular formula is C18H27N3O2. The predicted octanol–water partition coefficient (Wildman–Crippen LogP) is 1.84. The zero-order chi connectivity index (χ0) is 16.8. The fourth-order valence-corrected chi connectivity index (χ4v) is 2.92. The summed E-state index contributed by atoms with van der Waals surface area (Å²) in [6.45, 7) is 5.24. The van der Waals surface area contributed by atoms with Gasteiger partial charge in [0.15, 0.2) is 0 Å². The molecule has 3 N–H and O–H groups in total. The highest BCUT2D eigenvalue weighted by atomic mass is 16.2. The monoisotopic (exact) mass is 317 g/mol. The van der Waals surface area contributed by atoms with Crippen molar-refractivity contribution in [1.29, 1.82) is 0 Å². The second-order valence-electron chi connectivity index (χ2n) is 6.70. The van der Waals surface area contributed by atoms with E-state index in [0.717, 1.165) is 18.4 Å². The first-order valence-electron chi connectivity index (χ1n) is 8.36. The summed E-state index contributed by atoms with van der Waals surface area (Å²) in [4.78, 5) is 26.9. The molecule has 0 bridgehead atoms. The minimum Gasteiger partial charge on any atom is -0.341 e. The SMILES string of the molecule is CC(C)CC(=O)NC(C(=O)N1CCCC(N)C1)c1ccccc1. The fourth-order valence-electron chi connectivity index (χ4n) is 2.92. The van der Waals surface area contributed by atoms with E-state index in [-0.39, 0.29) is 23.8 Å². The van der Waals surface area contributed by atoms with Gasteiger partial charge in [-0.2, -0.15) is 0 Å². The van der Waals surface area contributed by atoms with Gasteiger partial charge >= 0.3 is 0 Å². The summed E-state index contributed by atoms with van der Waals surface area (Å²) < 4.78 is 0. The summed E-state index contributed by atoms with van der Waals surface area (Å²) in [6.07, 6.45) is 2.27. The highest BCUT2D eigenvalue weighted by Crippen LogP contribution is 2.19. The summed E-state index contributed by atoms with van der Waals surface area (Å²) in [5.41, 5.74) is 6.80. The van der Waals surface area contributed by atoms with Crippen molar-refractivity contribution >= 4 is 11.8 Å². The van der Waals surface area contributed by atoms with Crippen LogP contribution in [0, 0.1) is 5.92 Å². The van der Waals surface area contributed by atoms with Crippen LogP contribution in [0.5, 0.6) is 0 Å². The minimum atomic E-state index is -0.632. The molecule has 0 radical (unpaired) electrons. The molecule has 2 rings (SSSR count). The Morgan fingerprint density at radius 1 is 1.30 bits per heavy atom. The van der Waals surface area contributed by atoms with E-state index in [2.05, 4.69) is 5.32 Å². The van der Waals surface area contributed by atoms with Crippen molar-refractivity contribution in [1.82, 2.24) is 10.2 Å². The number of nitrogens with zero attached hydrogens (tertiary/aromatic N) is 1. The van der Waals surface area contributed by atoms with E-state index in [0.29, 0.717) is 19.5 Å². The van der Waals surface area contributed by atoms with Crippen LogP contribution in [-0.4, -0.2) is 35.8 Å². The maximum Gasteiger partial charge on any atom is 0.249 e. The van der Waals surface area contributed by atoms with Crippen molar-refractivity contribution in [3.8, 4) is 0 Å². The van der Waals surface area contributed by atoms with E-state index in [4.69, 9.17) is 5.73 Å². The van der Waals surface area contributed by atoms with Gasteiger partial charge in [0.2, 0.25) is 11.8 Å². The highest BCUT2D eigenvalue weighted by molar-refractivity contribution is 5.88. The fraction of sp³-hybridized carbons (Fsp3) is 0.556. The molecule has 0 saturated carbocycles. The number of carbonyl (C=O) groups excluding carboxylic acids is 2. The smallest absolute Gasteiger partial charge is 0.249 e. The number of nitrogens with two attached hydrogens (primary N) is 1. The summed E-state index contributed by atoms with van der Waals surface area (Å²) >= 11 is 0. The average Bonchev–Trinajstić information content (AvgIpc) is 2.52. The van der Waals surface area contributed by atoms with Gasteiger partial charge in [-0.05, 0) is 24.3 Å². The number of rotatable bonds is 5. The van der Waals surface area contributed by atoms with Crippen molar-refractivity contribution < 1.29 is 9.59 Å². The number of likely N-dealkylation sites (tertiary alicyclic amines) is 1. The van der Waals surface area contributed by atoms with Crippen molar-refractivity contribution in [2.75, 3.05) is 13.1 Å². The molecule has 1 aromatic carbocycles. The summed E-state index contributed by atoms with van der Waals surface area (Å²) in [5.74, 6) is 0.0944. The van der Waals surface area contributed by atoms with E-state index >= 15 is 0 Å². The van der Waals surface area contributed by atoms with Crippen molar-refractivity contribution in [2.24, 2.45) is 11.7 Å². The van der Waals surface area contributed by atoms with Gasteiger partial charge < -0.3 is 16.0 Å². The molecule has 23 heavy (non-hydrogen) atoms. The molecule has 1 aliphatic heterocycles. The molecule has 2 unspecified atom stereocenters. The maximum atomic E-state index is 12.9. The van der Waals surface area contributed by atoms with Gasteiger partial charge in [-0.3, -0.25) is 9.59 Å². The quantitative estimate of drug-likeness (QED) is 0.870. The molecule has 1 aliphatic rings. The van der Waals surface area contributed by atoms with E-state index < -0.39 is 6.04 Å². The second-order valence-corrected chi connectivity index (χ2v) is 6.70. The third-order valence-electron chi connectivity index (χ3n) is 4.05. The van der Waals surface area contributed by atoms with Gasteiger partial charge in [-0.1, -0.05) is 44.2 Å². The molecule has 2 amide bonds. The van der Waals surface area contributed by atoms with Crippen molar-refractivity contribution in [3.05, 3.63) is 35.9 Å². The highest BCUT2D eigenvalue weighted by Gasteiger charge is 2.30. The number of nitrogens with one attached hydrogen (secondary N) is 1. The zero-order valence-corrected chi connectivity index (χ0v) is 14.0. The Labute approximate surface area is 138 Å². The first-order valence-corrected chi connectivity index (χ1v) is 8.36. The molecule has 5 nitrogen and oxygen atoms in total. The van der Waals surface area contributed by atoms with E-state index in [1.54, 1.807) is 4.90 Å². The summed E-state index contributed by atoms with van der Waals surface area (Å²) in [7, 11) is 0. The number of carbonyl (C=O) groups is 2. The van der Waals surface area contributed by atoms with Crippen LogP contribution in [0.25, 0.3) is 0 Å². The van der Waals surface area contributed by atoms with Gasteiger partial charge in [-0.25, -0.2) is 0 Å². The predicted molar refractivity (Wildman–Crippen MR) is 90.6 cm³/mol. The van der Waals surface area contributed by atoms with Crippen molar-refractivity contribution in [3.63, 3.8) is 0 Å². The summed E-state index contributed by atoms with van der Waals surface area (Å²) in [5, 5.41) is 2.91. The molecule has 0 spiro atoms. The van der Waals surface area contributed by atoms with Crippen LogP contribution >= 0.6 is 0 Å².